The molecule has 0 saturated carbocycles. The third-order valence-corrected chi connectivity index (χ3v) is 3.71. The van der Waals surface area contributed by atoms with E-state index in [0.717, 1.165) is 5.56 Å². The highest BCUT2D eigenvalue weighted by Gasteiger charge is 2.28. The first kappa shape index (κ1) is 16.4. The van der Waals surface area contributed by atoms with E-state index in [0.29, 0.717) is 5.56 Å². The minimum absolute atomic E-state index is 0.0232. The van der Waals surface area contributed by atoms with Gasteiger partial charge >= 0.3 is 0 Å². The van der Waals surface area contributed by atoms with Gasteiger partial charge in [-0.2, -0.15) is 5.06 Å². The van der Waals surface area contributed by atoms with E-state index >= 15 is 0 Å². The Hall–Kier alpha value is -1.97. The molecule has 0 aliphatic rings. The number of Topliss-reactive ketones (excluding diaryl/α,β-unsaturated/α-hetero) is 1. The van der Waals surface area contributed by atoms with E-state index in [-0.39, 0.29) is 12.3 Å². The third-order valence-electron chi connectivity index (χ3n) is 3.71. The molecule has 0 aliphatic heterocycles. The van der Waals surface area contributed by atoms with Crippen molar-refractivity contribution in [1.82, 2.24) is 5.06 Å². The molecule has 3 nitrogen and oxygen atoms in total. The van der Waals surface area contributed by atoms with Crippen LogP contribution in [-0.2, 0) is 0 Å². The maximum atomic E-state index is 12.9. The number of hydrogen-bond acceptors (Lipinski definition) is 3. The summed E-state index contributed by atoms with van der Waals surface area (Å²) in [6.45, 7) is 6.02. The first-order chi connectivity index (χ1) is 10.4. The highest BCUT2D eigenvalue weighted by Crippen LogP contribution is 2.24. The molecule has 0 aromatic heterocycles. The van der Waals surface area contributed by atoms with Crippen molar-refractivity contribution in [2.45, 2.75) is 32.2 Å². The van der Waals surface area contributed by atoms with Crippen LogP contribution in [-0.4, -0.2) is 28.1 Å². The van der Waals surface area contributed by atoms with Crippen LogP contribution in [0.25, 0.3) is 0 Å². The minimum atomic E-state index is -0.413. The Morgan fingerprint density at radius 1 is 1.00 bits per heavy atom. The predicted molar refractivity (Wildman–Crippen MR) is 88.2 cm³/mol. The molecule has 0 bridgehead atoms. The van der Waals surface area contributed by atoms with Crippen LogP contribution in [0.5, 0.6) is 0 Å². The maximum Gasteiger partial charge on any atom is 0.171 e. The van der Waals surface area contributed by atoms with Gasteiger partial charge in [0, 0.05) is 17.6 Å². The highest BCUT2D eigenvalue weighted by atomic mass is 16.5. The van der Waals surface area contributed by atoms with Crippen molar-refractivity contribution < 1.29 is 10.0 Å². The quantitative estimate of drug-likeness (QED) is 0.666. The van der Waals surface area contributed by atoms with Crippen LogP contribution in [0, 0.1) is 0 Å². The summed E-state index contributed by atoms with van der Waals surface area (Å²) in [4.78, 5) is 12.9. The largest absolute Gasteiger partial charge is 0.313 e. The summed E-state index contributed by atoms with van der Waals surface area (Å²) in [5.41, 5.74) is 1.17. The summed E-state index contributed by atoms with van der Waals surface area (Å²) < 4.78 is 0. The fourth-order valence-corrected chi connectivity index (χ4v) is 2.28. The van der Waals surface area contributed by atoms with E-state index in [1.165, 1.54) is 5.06 Å². The van der Waals surface area contributed by atoms with Crippen molar-refractivity contribution in [3.8, 4) is 0 Å². The van der Waals surface area contributed by atoms with Gasteiger partial charge in [-0.15, -0.1) is 0 Å². The van der Waals surface area contributed by atoms with Crippen LogP contribution in [0.2, 0.25) is 0 Å². The average molecular weight is 297 g/mol. The molecule has 1 N–H and O–H groups in total. The molecule has 22 heavy (non-hydrogen) atoms. The molecule has 0 spiro atoms. The molecule has 2 rings (SSSR count). The minimum Gasteiger partial charge on any atom is -0.313 e. The Labute approximate surface area is 132 Å². The summed E-state index contributed by atoms with van der Waals surface area (Å²) in [5.74, 6) is -0.372. The standard InChI is InChI=1S/C19H23NO2/c1-19(2,3)20(22)14-17(15-10-6-4-7-11-15)18(21)16-12-8-5-9-13-16/h4-13,17,22H,14H2,1-3H3/t17-/m0/s1. The molecule has 2 aromatic carbocycles. The van der Waals surface area contributed by atoms with Gasteiger partial charge < -0.3 is 5.21 Å². The predicted octanol–water partition coefficient (Wildman–Crippen LogP) is 4.14. The highest BCUT2D eigenvalue weighted by molar-refractivity contribution is 6.01. The number of hydroxylamine groups is 2. The lowest BCUT2D eigenvalue weighted by Gasteiger charge is -2.32. The maximum absolute atomic E-state index is 12.9. The Balaban J connectivity index is 2.32. The van der Waals surface area contributed by atoms with Crippen LogP contribution in [0.4, 0.5) is 0 Å². The van der Waals surface area contributed by atoms with Crippen molar-refractivity contribution >= 4 is 5.78 Å². The van der Waals surface area contributed by atoms with Crippen LogP contribution < -0.4 is 0 Å². The second-order valence-electron chi connectivity index (χ2n) is 6.45. The van der Waals surface area contributed by atoms with Gasteiger partial charge in [0.25, 0.3) is 0 Å². The zero-order chi connectivity index (χ0) is 16.2. The van der Waals surface area contributed by atoms with Gasteiger partial charge in [-0.05, 0) is 26.3 Å². The molecule has 3 heteroatoms. The molecule has 116 valence electrons. The van der Waals surface area contributed by atoms with E-state index in [1.54, 1.807) is 0 Å². The van der Waals surface area contributed by atoms with Crippen LogP contribution >= 0.6 is 0 Å². The molecule has 1 atom stereocenters. The van der Waals surface area contributed by atoms with E-state index in [4.69, 9.17) is 0 Å². The first-order valence-electron chi connectivity index (χ1n) is 7.50. The second-order valence-corrected chi connectivity index (χ2v) is 6.45. The average Bonchev–Trinajstić information content (AvgIpc) is 2.52. The molecule has 0 unspecified atom stereocenters. The molecule has 2 aromatic rings. The van der Waals surface area contributed by atoms with Crippen molar-refractivity contribution in [1.29, 1.82) is 0 Å². The van der Waals surface area contributed by atoms with Crippen LogP contribution in [0.3, 0.4) is 0 Å². The van der Waals surface area contributed by atoms with Crippen molar-refractivity contribution in [2.24, 2.45) is 0 Å². The number of carbonyl (C=O) groups excluding carboxylic acids is 1. The van der Waals surface area contributed by atoms with E-state index in [9.17, 15) is 10.0 Å². The number of rotatable bonds is 5. The molecule has 0 heterocycles. The number of hydrogen-bond donors (Lipinski definition) is 1. The van der Waals surface area contributed by atoms with Gasteiger partial charge in [0.1, 0.15) is 0 Å². The lowest BCUT2D eigenvalue weighted by atomic mass is 9.89. The van der Waals surface area contributed by atoms with E-state index < -0.39 is 11.5 Å². The third kappa shape index (κ3) is 4.03. The number of benzene rings is 2. The molecular weight excluding hydrogens is 274 g/mol. The summed E-state index contributed by atoms with van der Waals surface area (Å²) in [7, 11) is 0. The Morgan fingerprint density at radius 3 is 2.00 bits per heavy atom. The number of ketones is 1. The molecule has 0 saturated heterocycles. The summed E-state index contributed by atoms with van der Waals surface area (Å²) in [5, 5.41) is 11.5. The fourth-order valence-electron chi connectivity index (χ4n) is 2.28. The van der Waals surface area contributed by atoms with Crippen LogP contribution in [0.15, 0.2) is 60.7 Å². The summed E-state index contributed by atoms with van der Waals surface area (Å²) >= 11 is 0. The van der Waals surface area contributed by atoms with Crippen LogP contribution in [0.1, 0.15) is 42.6 Å². The van der Waals surface area contributed by atoms with Crippen molar-refractivity contribution in [2.75, 3.05) is 6.54 Å². The van der Waals surface area contributed by atoms with Gasteiger partial charge in [-0.3, -0.25) is 4.79 Å². The van der Waals surface area contributed by atoms with Gasteiger partial charge in [-0.1, -0.05) is 60.7 Å². The number of nitrogens with zero attached hydrogens (tertiary/aromatic N) is 1. The fraction of sp³-hybridized carbons (Fsp3) is 0.316. The van der Waals surface area contributed by atoms with E-state index in [1.807, 2.05) is 81.4 Å². The SMILES string of the molecule is CC(C)(C)N(O)C[C@H](C(=O)c1ccccc1)c1ccccc1. The monoisotopic (exact) mass is 297 g/mol. The zero-order valence-electron chi connectivity index (χ0n) is 13.4. The lowest BCUT2D eigenvalue weighted by molar-refractivity contribution is -0.156. The summed E-state index contributed by atoms with van der Waals surface area (Å²) in [6, 6.07) is 18.9. The van der Waals surface area contributed by atoms with Gasteiger partial charge in [-0.25, -0.2) is 0 Å². The molecular formula is C19H23NO2. The Morgan fingerprint density at radius 2 is 1.50 bits per heavy atom. The molecule has 0 radical (unpaired) electrons. The normalized spacial score (nSPS) is 13.1. The number of carbonyl (C=O) groups is 1. The van der Waals surface area contributed by atoms with Crippen molar-refractivity contribution in [3.63, 3.8) is 0 Å². The van der Waals surface area contributed by atoms with Crippen molar-refractivity contribution in [3.05, 3.63) is 71.8 Å². The van der Waals surface area contributed by atoms with E-state index in [2.05, 4.69) is 0 Å². The first-order valence-corrected chi connectivity index (χ1v) is 7.50. The second kappa shape index (κ2) is 6.86. The lowest BCUT2D eigenvalue weighted by Crippen LogP contribution is -2.42. The molecule has 0 fully saturated rings. The molecule has 0 amide bonds. The summed E-state index contributed by atoms with van der Waals surface area (Å²) in [6.07, 6.45) is 0. The van der Waals surface area contributed by atoms with Gasteiger partial charge in [0.05, 0.1) is 5.92 Å². The molecule has 0 aliphatic carbocycles. The van der Waals surface area contributed by atoms with Gasteiger partial charge in [0.15, 0.2) is 5.78 Å². The zero-order valence-corrected chi connectivity index (χ0v) is 13.4. The Bertz CT molecular complexity index is 602. The Kier molecular flexibility index (Phi) is 5.11. The topological polar surface area (TPSA) is 40.5 Å². The smallest absolute Gasteiger partial charge is 0.171 e. The van der Waals surface area contributed by atoms with Gasteiger partial charge in [0.2, 0.25) is 0 Å².